The van der Waals surface area contributed by atoms with Crippen molar-refractivity contribution < 1.29 is 9.53 Å². The topological polar surface area (TPSA) is 29.5 Å². The number of carbonyl (C=O) groups is 1. The molecule has 0 saturated heterocycles. The number of amides is 1. The van der Waals surface area contributed by atoms with Crippen molar-refractivity contribution in [2.75, 3.05) is 6.54 Å². The van der Waals surface area contributed by atoms with E-state index in [0.29, 0.717) is 16.6 Å². The van der Waals surface area contributed by atoms with Crippen LogP contribution in [-0.4, -0.2) is 23.1 Å². The molecule has 1 aromatic carbocycles. The van der Waals surface area contributed by atoms with E-state index in [1.54, 1.807) is 11.0 Å². The molecule has 1 aromatic rings. The zero-order valence-corrected chi connectivity index (χ0v) is 13.7. The first-order valence-electron chi connectivity index (χ1n) is 6.66. The van der Waals surface area contributed by atoms with Crippen LogP contribution in [0.1, 0.15) is 44.9 Å². The van der Waals surface area contributed by atoms with Gasteiger partial charge in [-0.25, -0.2) is 4.79 Å². The maximum Gasteiger partial charge on any atom is 0.410 e. The van der Waals surface area contributed by atoms with Crippen molar-refractivity contribution in [3.05, 3.63) is 33.3 Å². The van der Waals surface area contributed by atoms with Gasteiger partial charge in [-0.1, -0.05) is 23.2 Å². The van der Waals surface area contributed by atoms with Gasteiger partial charge in [0.05, 0.1) is 6.04 Å². The number of rotatable bonds is 0. The van der Waals surface area contributed by atoms with E-state index in [-0.39, 0.29) is 12.1 Å². The lowest BCUT2D eigenvalue weighted by molar-refractivity contribution is 0.0160. The average Bonchev–Trinajstić information content (AvgIpc) is 2.28. The van der Waals surface area contributed by atoms with Gasteiger partial charge in [-0.15, -0.1) is 0 Å². The van der Waals surface area contributed by atoms with Gasteiger partial charge in [-0.05, 0) is 57.4 Å². The van der Waals surface area contributed by atoms with Crippen molar-refractivity contribution in [2.24, 2.45) is 0 Å². The summed E-state index contributed by atoms with van der Waals surface area (Å²) < 4.78 is 5.44. The van der Waals surface area contributed by atoms with E-state index < -0.39 is 5.60 Å². The summed E-state index contributed by atoms with van der Waals surface area (Å²) in [5, 5.41) is 1.26. The molecule has 0 N–H and O–H groups in total. The highest BCUT2D eigenvalue weighted by molar-refractivity contribution is 6.35. The molecular formula is C15H19Cl2NO2. The Morgan fingerprint density at radius 2 is 2.00 bits per heavy atom. The van der Waals surface area contributed by atoms with Gasteiger partial charge in [-0.2, -0.15) is 0 Å². The molecule has 1 unspecified atom stereocenters. The maximum absolute atomic E-state index is 12.2. The summed E-state index contributed by atoms with van der Waals surface area (Å²) in [6.07, 6.45) is 0.418. The van der Waals surface area contributed by atoms with Crippen LogP contribution >= 0.6 is 23.2 Å². The van der Waals surface area contributed by atoms with Crippen LogP contribution in [0.25, 0.3) is 0 Å². The van der Waals surface area contributed by atoms with Crippen LogP contribution < -0.4 is 0 Å². The SMILES string of the molecule is CC1c2cc(Cl)cc(Cl)c2CCN1C(=O)OC(C)(C)C. The van der Waals surface area contributed by atoms with E-state index in [2.05, 4.69) is 0 Å². The lowest BCUT2D eigenvalue weighted by Crippen LogP contribution is -2.42. The number of carbonyl (C=O) groups excluding carboxylic acids is 1. The summed E-state index contributed by atoms with van der Waals surface area (Å²) in [7, 11) is 0. The molecule has 3 nitrogen and oxygen atoms in total. The molecule has 1 heterocycles. The minimum atomic E-state index is -0.497. The number of benzene rings is 1. The van der Waals surface area contributed by atoms with Gasteiger partial charge >= 0.3 is 6.09 Å². The Morgan fingerprint density at radius 1 is 1.35 bits per heavy atom. The van der Waals surface area contributed by atoms with Crippen molar-refractivity contribution >= 4 is 29.3 Å². The van der Waals surface area contributed by atoms with Crippen LogP contribution in [-0.2, 0) is 11.2 Å². The molecule has 1 aliphatic heterocycles. The molecule has 0 spiro atoms. The lowest BCUT2D eigenvalue weighted by atomic mass is 9.94. The van der Waals surface area contributed by atoms with Crippen molar-refractivity contribution in [1.29, 1.82) is 0 Å². The molecular weight excluding hydrogens is 297 g/mol. The highest BCUT2D eigenvalue weighted by Gasteiger charge is 2.32. The summed E-state index contributed by atoms with van der Waals surface area (Å²) in [5.74, 6) is 0. The Balaban J connectivity index is 2.28. The number of hydrogen-bond donors (Lipinski definition) is 0. The van der Waals surface area contributed by atoms with Crippen molar-refractivity contribution in [2.45, 2.75) is 45.8 Å². The molecule has 0 bridgehead atoms. The van der Waals surface area contributed by atoms with Gasteiger partial charge in [0.25, 0.3) is 0 Å². The Hall–Kier alpha value is -0.930. The second kappa shape index (κ2) is 5.45. The zero-order valence-electron chi connectivity index (χ0n) is 12.2. The minimum absolute atomic E-state index is 0.0928. The van der Waals surface area contributed by atoms with Gasteiger partial charge in [-0.3, -0.25) is 0 Å². The molecule has 0 radical (unpaired) electrons. The summed E-state index contributed by atoms with van der Waals surface area (Å²) >= 11 is 12.3. The highest BCUT2D eigenvalue weighted by atomic mass is 35.5. The van der Waals surface area contributed by atoms with Crippen LogP contribution in [0.5, 0.6) is 0 Å². The standard InChI is InChI=1S/C15H19Cl2NO2/c1-9-12-7-10(16)8-13(17)11(12)5-6-18(9)14(19)20-15(2,3)4/h7-9H,5-6H2,1-4H3. The molecule has 110 valence electrons. The van der Waals surface area contributed by atoms with Gasteiger partial charge < -0.3 is 9.64 Å². The van der Waals surface area contributed by atoms with E-state index in [4.69, 9.17) is 27.9 Å². The van der Waals surface area contributed by atoms with Crippen LogP contribution in [0.2, 0.25) is 10.0 Å². The molecule has 2 rings (SSSR count). The van der Waals surface area contributed by atoms with Crippen LogP contribution in [0, 0.1) is 0 Å². The molecule has 1 aliphatic rings. The summed E-state index contributed by atoms with van der Waals surface area (Å²) in [4.78, 5) is 14.0. The van der Waals surface area contributed by atoms with E-state index in [9.17, 15) is 4.79 Å². The van der Waals surface area contributed by atoms with Gasteiger partial charge in [0, 0.05) is 16.6 Å². The predicted octanol–water partition coefficient (Wildman–Crippen LogP) is 4.85. The van der Waals surface area contributed by atoms with Crippen molar-refractivity contribution in [3.63, 3.8) is 0 Å². The fourth-order valence-corrected chi connectivity index (χ4v) is 3.03. The summed E-state index contributed by atoms with van der Waals surface area (Å²) in [5.41, 5.74) is 1.58. The number of ether oxygens (including phenoxy) is 1. The normalized spacial score (nSPS) is 18.7. The largest absolute Gasteiger partial charge is 0.444 e. The first-order chi connectivity index (χ1) is 9.19. The number of halogens is 2. The Labute approximate surface area is 129 Å². The lowest BCUT2D eigenvalue weighted by Gasteiger charge is -2.36. The molecule has 0 aromatic heterocycles. The second-order valence-electron chi connectivity index (χ2n) is 6.06. The van der Waals surface area contributed by atoms with Crippen LogP contribution in [0.3, 0.4) is 0 Å². The smallest absolute Gasteiger partial charge is 0.410 e. The first kappa shape index (κ1) is 15.5. The molecule has 0 saturated carbocycles. The summed E-state index contributed by atoms with van der Waals surface area (Å²) in [6.45, 7) is 8.16. The molecule has 0 aliphatic carbocycles. The van der Waals surface area contributed by atoms with Crippen molar-refractivity contribution in [1.82, 2.24) is 4.90 Å². The van der Waals surface area contributed by atoms with E-state index in [0.717, 1.165) is 17.5 Å². The zero-order chi connectivity index (χ0) is 15.1. The third-order valence-corrected chi connectivity index (χ3v) is 3.90. The maximum atomic E-state index is 12.2. The molecule has 1 atom stereocenters. The fraction of sp³-hybridized carbons (Fsp3) is 0.533. The van der Waals surface area contributed by atoms with E-state index >= 15 is 0 Å². The second-order valence-corrected chi connectivity index (χ2v) is 6.90. The van der Waals surface area contributed by atoms with Crippen LogP contribution in [0.15, 0.2) is 12.1 Å². The monoisotopic (exact) mass is 315 g/mol. The third kappa shape index (κ3) is 3.21. The molecule has 1 amide bonds. The fourth-order valence-electron chi connectivity index (χ4n) is 2.42. The van der Waals surface area contributed by atoms with Gasteiger partial charge in [0.1, 0.15) is 5.60 Å². The minimum Gasteiger partial charge on any atom is -0.444 e. The molecule has 0 fully saturated rings. The quantitative estimate of drug-likeness (QED) is 0.685. The average molecular weight is 316 g/mol. The van der Waals surface area contributed by atoms with Crippen LogP contribution in [0.4, 0.5) is 4.79 Å². The first-order valence-corrected chi connectivity index (χ1v) is 7.42. The third-order valence-electron chi connectivity index (χ3n) is 3.34. The Bertz CT molecular complexity index is 537. The van der Waals surface area contributed by atoms with Gasteiger partial charge in [0.2, 0.25) is 0 Å². The molecule has 20 heavy (non-hydrogen) atoms. The number of hydrogen-bond acceptors (Lipinski definition) is 2. The predicted molar refractivity (Wildman–Crippen MR) is 81.5 cm³/mol. The van der Waals surface area contributed by atoms with Crippen molar-refractivity contribution in [3.8, 4) is 0 Å². The number of fused-ring (bicyclic) bond motifs is 1. The van der Waals surface area contributed by atoms with E-state index in [1.165, 1.54) is 0 Å². The highest BCUT2D eigenvalue weighted by Crippen LogP contribution is 2.36. The van der Waals surface area contributed by atoms with E-state index in [1.807, 2.05) is 33.8 Å². The van der Waals surface area contributed by atoms with Gasteiger partial charge in [0.15, 0.2) is 0 Å². The Morgan fingerprint density at radius 3 is 2.60 bits per heavy atom. The number of nitrogens with zero attached hydrogens (tertiary/aromatic N) is 1. The Kier molecular flexibility index (Phi) is 4.22. The molecule has 5 heteroatoms. The summed E-state index contributed by atoms with van der Waals surface area (Å²) in [6, 6.07) is 3.53.